The van der Waals surface area contributed by atoms with Crippen molar-refractivity contribution in [2.24, 2.45) is 12.8 Å². The molecule has 0 unspecified atom stereocenters. The van der Waals surface area contributed by atoms with E-state index in [1.807, 2.05) is 30.3 Å². The van der Waals surface area contributed by atoms with Gasteiger partial charge in [0, 0.05) is 32.9 Å². The molecular weight excluding hydrogens is 240 g/mol. The van der Waals surface area contributed by atoms with Crippen LogP contribution in [0.5, 0.6) is 0 Å². The van der Waals surface area contributed by atoms with Crippen LogP contribution in [0.25, 0.3) is 0 Å². The number of aryl methyl sites for hydroxylation is 1. The third-order valence-electron chi connectivity index (χ3n) is 2.94. The molecule has 0 fully saturated rings. The Morgan fingerprint density at radius 2 is 2.05 bits per heavy atom. The van der Waals surface area contributed by atoms with Gasteiger partial charge >= 0.3 is 0 Å². The summed E-state index contributed by atoms with van der Waals surface area (Å²) in [4.78, 5) is 14.2. The maximum absolute atomic E-state index is 12.4. The van der Waals surface area contributed by atoms with Gasteiger partial charge in [-0.05, 0) is 11.6 Å². The van der Waals surface area contributed by atoms with Crippen molar-refractivity contribution in [3.63, 3.8) is 0 Å². The van der Waals surface area contributed by atoms with Crippen molar-refractivity contribution in [1.82, 2.24) is 14.7 Å². The second-order valence-corrected chi connectivity index (χ2v) is 4.34. The van der Waals surface area contributed by atoms with Crippen LogP contribution in [0.2, 0.25) is 0 Å². The Morgan fingerprint density at radius 1 is 1.32 bits per heavy atom. The molecule has 5 nitrogen and oxygen atoms in total. The van der Waals surface area contributed by atoms with E-state index in [0.717, 1.165) is 5.56 Å². The Bertz CT molecular complexity index is 535. The third-order valence-corrected chi connectivity index (χ3v) is 2.94. The van der Waals surface area contributed by atoms with Crippen LogP contribution in [-0.2, 0) is 13.6 Å². The zero-order valence-electron chi connectivity index (χ0n) is 11.0. The normalized spacial score (nSPS) is 10.4. The van der Waals surface area contributed by atoms with E-state index in [4.69, 9.17) is 5.73 Å². The highest BCUT2D eigenvalue weighted by atomic mass is 16.2. The fourth-order valence-corrected chi connectivity index (χ4v) is 1.96. The monoisotopic (exact) mass is 258 g/mol. The van der Waals surface area contributed by atoms with Gasteiger partial charge in [0.15, 0.2) is 0 Å². The SMILES string of the molecule is Cn1nccc1C(=O)N(CCN)Cc1ccccc1. The second kappa shape index (κ2) is 6.15. The Labute approximate surface area is 112 Å². The molecule has 2 N–H and O–H groups in total. The van der Waals surface area contributed by atoms with Gasteiger partial charge in [-0.1, -0.05) is 30.3 Å². The van der Waals surface area contributed by atoms with Gasteiger partial charge < -0.3 is 10.6 Å². The van der Waals surface area contributed by atoms with Gasteiger partial charge in [-0.25, -0.2) is 0 Å². The molecule has 0 aliphatic carbocycles. The fourth-order valence-electron chi connectivity index (χ4n) is 1.96. The third kappa shape index (κ3) is 3.20. The topological polar surface area (TPSA) is 64.2 Å². The van der Waals surface area contributed by atoms with Gasteiger partial charge in [0.2, 0.25) is 0 Å². The molecule has 0 bridgehead atoms. The molecule has 19 heavy (non-hydrogen) atoms. The van der Waals surface area contributed by atoms with Crippen LogP contribution in [0.1, 0.15) is 16.1 Å². The number of hydrogen-bond donors (Lipinski definition) is 1. The van der Waals surface area contributed by atoms with Crippen molar-refractivity contribution < 1.29 is 4.79 Å². The molecule has 0 aliphatic rings. The molecule has 0 aliphatic heterocycles. The first kappa shape index (κ1) is 13.3. The summed E-state index contributed by atoms with van der Waals surface area (Å²) < 4.78 is 1.58. The van der Waals surface area contributed by atoms with E-state index in [-0.39, 0.29) is 5.91 Å². The summed E-state index contributed by atoms with van der Waals surface area (Å²) in [5.74, 6) is -0.0469. The molecule has 1 amide bonds. The summed E-state index contributed by atoms with van der Waals surface area (Å²) in [6.07, 6.45) is 1.62. The predicted octanol–water partition coefficient (Wildman–Crippen LogP) is 1.02. The number of nitrogens with two attached hydrogens (primary N) is 1. The highest BCUT2D eigenvalue weighted by Gasteiger charge is 2.18. The fraction of sp³-hybridized carbons (Fsp3) is 0.286. The molecule has 5 heteroatoms. The molecule has 1 aromatic carbocycles. The van der Waals surface area contributed by atoms with Crippen LogP contribution in [0.3, 0.4) is 0 Å². The average Bonchev–Trinajstić information content (AvgIpc) is 2.85. The summed E-state index contributed by atoms with van der Waals surface area (Å²) in [7, 11) is 1.76. The number of aromatic nitrogens is 2. The molecule has 2 aromatic rings. The Morgan fingerprint density at radius 3 is 2.63 bits per heavy atom. The number of rotatable bonds is 5. The van der Waals surface area contributed by atoms with Gasteiger partial charge in [-0.3, -0.25) is 9.48 Å². The van der Waals surface area contributed by atoms with Crippen LogP contribution < -0.4 is 5.73 Å². The van der Waals surface area contributed by atoms with Gasteiger partial charge in [0.05, 0.1) is 0 Å². The van der Waals surface area contributed by atoms with Crippen molar-refractivity contribution in [1.29, 1.82) is 0 Å². The van der Waals surface area contributed by atoms with Crippen molar-refractivity contribution in [3.8, 4) is 0 Å². The summed E-state index contributed by atoms with van der Waals surface area (Å²) in [6.45, 7) is 1.53. The van der Waals surface area contributed by atoms with Gasteiger partial charge in [-0.2, -0.15) is 5.10 Å². The zero-order chi connectivity index (χ0) is 13.7. The van der Waals surface area contributed by atoms with Crippen LogP contribution in [-0.4, -0.2) is 33.7 Å². The lowest BCUT2D eigenvalue weighted by Crippen LogP contribution is -2.35. The average molecular weight is 258 g/mol. The Hall–Kier alpha value is -2.14. The Balaban J connectivity index is 2.16. The summed E-state index contributed by atoms with van der Waals surface area (Å²) in [5, 5.41) is 4.03. The van der Waals surface area contributed by atoms with Crippen molar-refractivity contribution >= 4 is 5.91 Å². The van der Waals surface area contributed by atoms with E-state index in [2.05, 4.69) is 5.10 Å². The van der Waals surface area contributed by atoms with Crippen molar-refractivity contribution in [3.05, 3.63) is 53.9 Å². The minimum absolute atomic E-state index is 0.0469. The number of carbonyl (C=O) groups excluding carboxylic acids is 1. The maximum atomic E-state index is 12.4. The van der Waals surface area contributed by atoms with E-state index in [0.29, 0.717) is 25.3 Å². The lowest BCUT2D eigenvalue weighted by Gasteiger charge is -2.22. The molecule has 1 heterocycles. The quantitative estimate of drug-likeness (QED) is 0.871. The summed E-state index contributed by atoms with van der Waals surface area (Å²) in [5.41, 5.74) is 7.26. The zero-order valence-corrected chi connectivity index (χ0v) is 11.0. The lowest BCUT2D eigenvalue weighted by molar-refractivity contribution is 0.0737. The van der Waals surface area contributed by atoms with Gasteiger partial charge in [-0.15, -0.1) is 0 Å². The molecule has 0 atom stereocenters. The van der Waals surface area contributed by atoms with Crippen LogP contribution in [0, 0.1) is 0 Å². The van der Waals surface area contributed by atoms with Crippen LogP contribution in [0.4, 0.5) is 0 Å². The molecule has 100 valence electrons. The minimum atomic E-state index is -0.0469. The highest BCUT2D eigenvalue weighted by molar-refractivity contribution is 5.92. The van der Waals surface area contributed by atoms with Gasteiger partial charge in [0.25, 0.3) is 5.91 Å². The first-order valence-electron chi connectivity index (χ1n) is 6.23. The largest absolute Gasteiger partial charge is 0.332 e. The molecule has 0 spiro atoms. The number of carbonyl (C=O) groups is 1. The number of hydrogen-bond acceptors (Lipinski definition) is 3. The molecule has 0 radical (unpaired) electrons. The first-order chi connectivity index (χ1) is 9.22. The molecule has 2 rings (SSSR count). The second-order valence-electron chi connectivity index (χ2n) is 4.34. The molecule has 0 saturated heterocycles. The van der Waals surface area contributed by atoms with Crippen LogP contribution in [0.15, 0.2) is 42.6 Å². The number of benzene rings is 1. The summed E-state index contributed by atoms with van der Waals surface area (Å²) in [6, 6.07) is 11.6. The smallest absolute Gasteiger partial charge is 0.272 e. The van der Waals surface area contributed by atoms with E-state index in [9.17, 15) is 4.79 Å². The number of nitrogens with zero attached hydrogens (tertiary/aromatic N) is 3. The minimum Gasteiger partial charge on any atom is -0.332 e. The summed E-state index contributed by atoms with van der Waals surface area (Å²) >= 11 is 0. The first-order valence-corrected chi connectivity index (χ1v) is 6.23. The standard InChI is InChI=1S/C14H18N4O/c1-17-13(7-9-16-17)14(19)18(10-8-15)11-12-5-3-2-4-6-12/h2-7,9H,8,10-11,15H2,1H3. The van der Waals surface area contributed by atoms with Crippen molar-refractivity contribution in [2.75, 3.05) is 13.1 Å². The van der Waals surface area contributed by atoms with Crippen LogP contribution >= 0.6 is 0 Å². The Kier molecular flexibility index (Phi) is 4.30. The molecule has 1 aromatic heterocycles. The van der Waals surface area contributed by atoms with E-state index in [1.165, 1.54) is 0 Å². The van der Waals surface area contributed by atoms with E-state index >= 15 is 0 Å². The highest BCUT2D eigenvalue weighted by Crippen LogP contribution is 2.09. The lowest BCUT2D eigenvalue weighted by atomic mass is 10.2. The van der Waals surface area contributed by atoms with E-state index in [1.54, 1.807) is 28.9 Å². The molecular formula is C14H18N4O. The van der Waals surface area contributed by atoms with Crippen molar-refractivity contribution in [2.45, 2.75) is 6.54 Å². The maximum Gasteiger partial charge on any atom is 0.272 e. The van der Waals surface area contributed by atoms with Gasteiger partial charge in [0.1, 0.15) is 5.69 Å². The number of amides is 1. The van der Waals surface area contributed by atoms with E-state index < -0.39 is 0 Å². The molecule has 0 saturated carbocycles. The predicted molar refractivity (Wildman–Crippen MR) is 73.4 cm³/mol.